The number of fused-ring (bicyclic) bond motifs is 1. The minimum absolute atomic E-state index is 0.0521. The second kappa shape index (κ2) is 5.80. The third kappa shape index (κ3) is 3.28. The van der Waals surface area contributed by atoms with Crippen LogP contribution in [0, 0.1) is 6.92 Å². The molecule has 0 saturated carbocycles. The van der Waals surface area contributed by atoms with E-state index in [1.807, 2.05) is 0 Å². The van der Waals surface area contributed by atoms with Gasteiger partial charge >= 0.3 is 0 Å². The third-order valence-electron chi connectivity index (χ3n) is 2.94. The fourth-order valence-electron chi connectivity index (χ4n) is 1.93. The summed E-state index contributed by atoms with van der Waals surface area (Å²) in [6, 6.07) is 2.57. The van der Waals surface area contributed by atoms with E-state index < -0.39 is 10.0 Å². The lowest BCUT2D eigenvalue weighted by Crippen LogP contribution is -2.27. The van der Waals surface area contributed by atoms with Crippen LogP contribution in [0.3, 0.4) is 0 Å². The summed E-state index contributed by atoms with van der Waals surface area (Å²) < 4.78 is 37.0. The van der Waals surface area contributed by atoms with E-state index in [1.54, 1.807) is 6.92 Å². The maximum absolute atomic E-state index is 12.4. The van der Waals surface area contributed by atoms with Crippen molar-refractivity contribution in [2.75, 3.05) is 11.9 Å². The number of amides is 1. The Morgan fingerprint density at radius 1 is 1.43 bits per heavy atom. The van der Waals surface area contributed by atoms with Gasteiger partial charge in [0.2, 0.25) is 15.9 Å². The Morgan fingerprint density at radius 2 is 2.22 bits per heavy atom. The molecule has 2 aromatic rings. The average Bonchev–Trinajstić information content (AvgIpc) is 2.90. The van der Waals surface area contributed by atoms with Crippen LogP contribution in [-0.4, -0.2) is 31.1 Å². The highest BCUT2D eigenvalue weighted by atomic mass is 35.5. The Balaban J connectivity index is 1.86. The number of carbonyl (C=O) groups excluding carboxylic acids is 1. The predicted molar refractivity (Wildman–Crippen MR) is 78.6 cm³/mol. The summed E-state index contributed by atoms with van der Waals surface area (Å²) in [6.45, 7) is 1.25. The van der Waals surface area contributed by atoms with Crippen LogP contribution in [0.25, 0.3) is 0 Å². The molecule has 0 atom stereocenters. The number of nitrogens with one attached hydrogen (secondary N) is 2. The molecule has 3 rings (SSSR count). The van der Waals surface area contributed by atoms with Crippen LogP contribution in [0.1, 0.15) is 11.7 Å². The number of benzene rings is 1. The normalized spacial score (nSPS) is 14.1. The van der Waals surface area contributed by atoms with E-state index in [1.165, 1.54) is 12.1 Å². The Bertz CT molecular complexity index is 880. The lowest BCUT2D eigenvalue weighted by molar-refractivity contribution is -0.118. The zero-order chi connectivity index (χ0) is 16.6. The van der Waals surface area contributed by atoms with Gasteiger partial charge in [0.05, 0.1) is 17.3 Å². The van der Waals surface area contributed by atoms with E-state index in [2.05, 4.69) is 20.2 Å². The van der Waals surface area contributed by atoms with Gasteiger partial charge in [0.25, 0.3) is 5.91 Å². The van der Waals surface area contributed by atoms with E-state index in [0.717, 1.165) is 0 Å². The molecule has 1 aromatic heterocycles. The second-order valence-corrected chi connectivity index (χ2v) is 6.82. The van der Waals surface area contributed by atoms with Crippen molar-refractivity contribution < 1.29 is 22.5 Å². The van der Waals surface area contributed by atoms with E-state index in [4.69, 9.17) is 20.9 Å². The van der Waals surface area contributed by atoms with Gasteiger partial charge in [-0.1, -0.05) is 16.8 Å². The van der Waals surface area contributed by atoms with Crippen molar-refractivity contribution in [2.24, 2.45) is 0 Å². The van der Waals surface area contributed by atoms with Crippen molar-refractivity contribution in [3.63, 3.8) is 0 Å². The van der Waals surface area contributed by atoms with Gasteiger partial charge < -0.3 is 14.6 Å². The number of halogens is 1. The number of aryl methyl sites for hydroxylation is 1. The fraction of sp³-hybridized carbons (Fsp3) is 0.250. The van der Waals surface area contributed by atoms with Gasteiger partial charge in [-0.3, -0.25) is 4.79 Å². The molecule has 0 unspecified atom stereocenters. The quantitative estimate of drug-likeness (QED) is 0.829. The van der Waals surface area contributed by atoms with Gasteiger partial charge in [-0.25, -0.2) is 13.1 Å². The molecule has 0 fully saturated rings. The molecule has 2 N–H and O–H groups in total. The molecule has 2 heterocycles. The lowest BCUT2D eigenvalue weighted by atomic mass is 10.2. The molecule has 0 spiro atoms. The Kier molecular flexibility index (Phi) is 3.96. The van der Waals surface area contributed by atoms with E-state index in [-0.39, 0.29) is 40.6 Å². The minimum atomic E-state index is -3.93. The number of aromatic nitrogens is 2. The van der Waals surface area contributed by atoms with Gasteiger partial charge in [0.1, 0.15) is 10.6 Å². The highest BCUT2D eigenvalue weighted by molar-refractivity contribution is 7.89. The predicted octanol–water partition coefficient (Wildman–Crippen LogP) is 0.841. The summed E-state index contributed by atoms with van der Waals surface area (Å²) in [5.41, 5.74) is 0.317. The standard InChI is InChI=1S/C12H11ClN4O5S/c1-6-15-12(22-17-6)4-14-23(19,20)10-3-9-8(2-7(10)13)16-11(18)5-21-9/h2-3,14H,4-5H2,1H3,(H,16,18). The molecule has 9 nitrogen and oxygen atoms in total. The van der Waals surface area contributed by atoms with Crippen LogP contribution in [0.2, 0.25) is 5.02 Å². The second-order valence-electron chi connectivity index (χ2n) is 4.68. The van der Waals surface area contributed by atoms with Gasteiger partial charge in [-0.15, -0.1) is 0 Å². The minimum Gasteiger partial charge on any atom is -0.482 e. The summed E-state index contributed by atoms with van der Waals surface area (Å²) in [7, 11) is -3.93. The van der Waals surface area contributed by atoms with Crippen LogP contribution in [0.4, 0.5) is 5.69 Å². The SMILES string of the molecule is Cc1noc(CNS(=O)(=O)c2cc3c(cc2Cl)NC(=O)CO3)n1. The summed E-state index contributed by atoms with van der Waals surface area (Å²) in [6.07, 6.45) is 0. The first-order valence-corrected chi connectivity index (χ1v) is 8.26. The van der Waals surface area contributed by atoms with Gasteiger partial charge in [-0.05, 0) is 13.0 Å². The zero-order valence-corrected chi connectivity index (χ0v) is 13.4. The van der Waals surface area contributed by atoms with Crippen molar-refractivity contribution in [2.45, 2.75) is 18.4 Å². The monoisotopic (exact) mass is 358 g/mol. The zero-order valence-electron chi connectivity index (χ0n) is 11.8. The van der Waals surface area contributed by atoms with Crippen LogP contribution in [-0.2, 0) is 21.4 Å². The van der Waals surface area contributed by atoms with E-state index >= 15 is 0 Å². The van der Waals surface area contributed by atoms with Gasteiger partial charge in [0, 0.05) is 6.07 Å². The first kappa shape index (κ1) is 15.7. The summed E-state index contributed by atoms with van der Waals surface area (Å²) in [4.78, 5) is 15.0. The maximum atomic E-state index is 12.4. The Labute approximate surface area is 136 Å². The summed E-state index contributed by atoms with van der Waals surface area (Å²) >= 11 is 6.00. The number of sulfonamides is 1. The van der Waals surface area contributed by atoms with Crippen molar-refractivity contribution in [1.82, 2.24) is 14.9 Å². The molecule has 11 heteroatoms. The van der Waals surface area contributed by atoms with E-state index in [9.17, 15) is 13.2 Å². The number of ether oxygens (including phenoxy) is 1. The van der Waals surface area contributed by atoms with Crippen LogP contribution >= 0.6 is 11.6 Å². The number of anilines is 1. The highest BCUT2D eigenvalue weighted by Gasteiger charge is 2.24. The Morgan fingerprint density at radius 3 is 2.91 bits per heavy atom. The number of rotatable bonds is 4. The first-order valence-electron chi connectivity index (χ1n) is 6.40. The van der Waals surface area contributed by atoms with E-state index in [0.29, 0.717) is 11.5 Å². The molecule has 23 heavy (non-hydrogen) atoms. The Hall–Kier alpha value is -2.17. The van der Waals surface area contributed by atoms with Crippen molar-refractivity contribution >= 4 is 33.2 Å². The van der Waals surface area contributed by atoms with Crippen LogP contribution in [0.15, 0.2) is 21.6 Å². The largest absolute Gasteiger partial charge is 0.482 e. The fourth-order valence-corrected chi connectivity index (χ4v) is 3.45. The average molecular weight is 359 g/mol. The molecular weight excluding hydrogens is 348 g/mol. The highest BCUT2D eigenvalue weighted by Crippen LogP contribution is 2.35. The topological polar surface area (TPSA) is 123 Å². The molecule has 0 radical (unpaired) electrons. The summed E-state index contributed by atoms with van der Waals surface area (Å²) in [5, 5.41) is 6.06. The van der Waals surface area contributed by atoms with Crippen molar-refractivity contribution in [3.8, 4) is 5.75 Å². The molecule has 0 saturated heterocycles. The van der Waals surface area contributed by atoms with Gasteiger partial charge in [-0.2, -0.15) is 4.98 Å². The molecular formula is C12H11ClN4O5S. The number of hydrogen-bond donors (Lipinski definition) is 2. The molecule has 1 aliphatic rings. The van der Waals surface area contributed by atoms with Crippen molar-refractivity contribution in [3.05, 3.63) is 28.9 Å². The smallest absolute Gasteiger partial charge is 0.262 e. The summed E-state index contributed by atoms with van der Waals surface area (Å²) in [5.74, 6) is 0.413. The van der Waals surface area contributed by atoms with Gasteiger partial charge in [0.15, 0.2) is 12.4 Å². The molecule has 0 aliphatic carbocycles. The molecule has 1 aliphatic heterocycles. The molecule has 1 aromatic carbocycles. The lowest BCUT2D eigenvalue weighted by Gasteiger charge is -2.19. The number of hydrogen-bond acceptors (Lipinski definition) is 7. The maximum Gasteiger partial charge on any atom is 0.262 e. The van der Waals surface area contributed by atoms with Crippen LogP contribution in [0.5, 0.6) is 5.75 Å². The molecule has 1 amide bonds. The third-order valence-corrected chi connectivity index (χ3v) is 4.81. The van der Waals surface area contributed by atoms with Crippen molar-refractivity contribution in [1.29, 1.82) is 0 Å². The van der Waals surface area contributed by atoms with Crippen LogP contribution < -0.4 is 14.8 Å². The molecule has 122 valence electrons. The first-order chi connectivity index (χ1) is 10.8. The number of carbonyl (C=O) groups is 1. The molecule has 0 bridgehead atoms. The number of nitrogens with zero attached hydrogens (tertiary/aromatic N) is 2.